The maximum absolute atomic E-state index is 11.2. The van der Waals surface area contributed by atoms with Gasteiger partial charge in [0.25, 0.3) is 0 Å². The van der Waals surface area contributed by atoms with Gasteiger partial charge in [-0.3, -0.25) is 15.1 Å². The van der Waals surface area contributed by atoms with E-state index in [0.717, 1.165) is 36.9 Å². The van der Waals surface area contributed by atoms with Gasteiger partial charge in [-0.05, 0) is 25.7 Å². The van der Waals surface area contributed by atoms with Crippen LogP contribution in [0.25, 0.3) is 22.2 Å². The standard InChI is InChI=1S/C14H14N4O4.C14H16N4O2.I3.I2/c15-5-3-10-2-1-9(8-22-10)17-13-12(18(19)20)7-16-11-4-6-21-14(11)13;15-5-3-10-2-1-9(8-20-10)18-13-11(16)7-17-12-4-6-19-14(12)13;1-3-2;1-2/h4,6-7,9-10H,1-3,8H2,(H,16,17);4,6-7,9-10H,1-3,8,16H2,(H,17,18);;/q;;-1;/t2*9-,10+;;/m00../s1. The molecule has 254 valence electrons. The summed E-state index contributed by atoms with van der Waals surface area (Å²) in [6.07, 6.45) is 10.0. The van der Waals surface area contributed by atoms with Gasteiger partial charge in [-0.2, -0.15) is 10.5 Å². The minimum atomic E-state index is -0.487. The number of hydrogen-bond acceptors (Lipinski definition) is 13. The average molecular weight is 1210 g/mol. The Kier molecular flexibility index (Phi) is 18.6. The van der Waals surface area contributed by atoms with Crippen LogP contribution in [0.4, 0.5) is 22.7 Å². The van der Waals surface area contributed by atoms with Gasteiger partial charge in [0.1, 0.15) is 22.9 Å². The van der Waals surface area contributed by atoms with E-state index in [1.165, 1.54) is 12.5 Å². The van der Waals surface area contributed by atoms with Crippen LogP contribution in [0.3, 0.4) is 0 Å². The Morgan fingerprint density at radius 1 is 0.894 bits per heavy atom. The molecule has 19 heteroatoms. The van der Waals surface area contributed by atoms with Crippen LogP contribution >= 0.6 is 74.5 Å². The molecule has 2 fully saturated rings. The Balaban J connectivity index is 0.000000226. The molecule has 2 aliphatic rings. The average Bonchev–Trinajstić information content (AvgIpc) is 3.77. The van der Waals surface area contributed by atoms with E-state index in [1.807, 2.05) is 0 Å². The van der Waals surface area contributed by atoms with E-state index >= 15 is 0 Å². The molecule has 0 amide bonds. The van der Waals surface area contributed by atoms with Crippen molar-refractivity contribution in [3.05, 3.63) is 47.2 Å². The second-order valence-corrected chi connectivity index (χ2v) is 26.4. The quantitative estimate of drug-likeness (QED) is 0.120. The molecule has 4 aromatic heterocycles. The summed E-state index contributed by atoms with van der Waals surface area (Å²) in [4.78, 5) is 18.9. The van der Waals surface area contributed by atoms with Crippen LogP contribution in [0.15, 0.2) is 45.9 Å². The van der Waals surface area contributed by atoms with Gasteiger partial charge in [-0.1, -0.05) is 0 Å². The van der Waals surface area contributed by atoms with Crippen LogP contribution in [-0.2, 0) is 9.47 Å². The minimum absolute atomic E-state index is 0.0523. The van der Waals surface area contributed by atoms with Crippen molar-refractivity contribution in [3.8, 4) is 12.1 Å². The summed E-state index contributed by atoms with van der Waals surface area (Å²) in [5.74, 6) is 0. The van der Waals surface area contributed by atoms with Gasteiger partial charge in [-0.25, -0.2) is 4.98 Å². The summed E-state index contributed by atoms with van der Waals surface area (Å²) in [5, 5.41) is 35.0. The first kappa shape index (κ1) is 40.2. The third-order valence-corrected chi connectivity index (χ3v) is 7.23. The first-order valence-electron chi connectivity index (χ1n) is 14.0. The molecule has 0 unspecified atom stereocenters. The van der Waals surface area contributed by atoms with E-state index in [2.05, 4.69) is 107 Å². The van der Waals surface area contributed by atoms with Crippen LogP contribution in [-0.4, -0.2) is 52.4 Å². The zero-order valence-corrected chi connectivity index (χ0v) is 35.4. The number of pyridine rings is 2. The van der Waals surface area contributed by atoms with Gasteiger partial charge in [0.05, 0.1) is 79.7 Å². The monoisotopic (exact) mass is 1210 g/mol. The second-order valence-electron chi connectivity index (χ2n) is 10.2. The van der Waals surface area contributed by atoms with Gasteiger partial charge in [-0.15, -0.1) is 0 Å². The number of rotatable bonds is 7. The number of nitrogens with one attached hydrogen (secondary N) is 2. The van der Waals surface area contributed by atoms with Crippen LogP contribution in [0.5, 0.6) is 0 Å². The molecule has 0 aromatic carbocycles. The number of aromatic nitrogens is 2. The minimum Gasteiger partial charge on any atom is -0.460 e. The maximum Gasteiger partial charge on any atom is 0.314 e. The van der Waals surface area contributed by atoms with Crippen molar-refractivity contribution in [3.63, 3.8) is 0 Å². The fraction of sp³-hybridized carbons (Fsp3) is 0.429. The Labute approximate surface area is 324 Å². The molecular formula is C28H30I5N8O6-. The summed E-state index contributed by atoms with van der Waals surface area (Å²) in [5.41, 5.74) is 9.88. The predicted molar refractivity (Wildman–Crippen MR) is 208 cm³/mol. The van der Waals surface area contributed by atoms with Crippen molar-refractivity contribution in [1.82, 2.24) is 9.97 Å². The Hall–Kier alpha value is -1.27. The van der Waals surface area contributed by atoms with Crippen molar-refractivity contribution in [2.24, 2.45) is 0 Å². The molecule has 4 atom stereocenters. The first-order valence-corrected chi connectivity index (χ1v) is 32.9. The van der Waals surface area contributed by atoms with E-state index in [1.54, 1.807) is 24.6 Å². The number of nitrogens with two attached hydrogens (primary N) is 1. The Morgan fingerprint density at radius 3 is 1.81 bits per heavy atom. The molecule has 0 spiro atoms. The summed E-state index contributed by atoms with van der Waals surface area (Å²) < 4.78 is 22.0. The van der Waals surface area contributed by atoms with E-state index in [0.29, 0.717) is 67.4 Å². The molecule has 6 heterocycles. The maximum atomic E-state index is 11.2. The van der Waals surface area contributed by atoms with Crippen molar-refractivity contribution in [2.45, 2.75) is 62.8 Å². The molecule has 0 aliphatic carbocycles. The van der Waals surface area contributed by atoms with Gasteiger partial charge in [0.15, 0.2) is 16.9 Å². The normalized spacial score (nSPS) is 20.2. The summed E-state index contributed by atoms with van der Waals surface area (Å²) in [6.45, 7) is 0.963. The first-order chi connectivity index (χ1) is 22.9. The largest absolute Gasteiger partial charge is 0.460 e. The summed E-state index contributed by atoms with van der Waals surface area (Å²) in [7, 11) is 0. The zero-order chi connectivity index (χ0) is 34.2. The van der Waals surface area contributed by atoms with Crippen molar-refractivity contribution in [2.75, 3.05) is 29.6 Å². The molecule has 0 radical (unpaired) electrons. The molecular weight excluding hydrogens is 1180 g/mol. The van der Waals surface area contributed by atoms with Gasteiger partial charge >= 0.3 is 56.2 Å². The Bertz CT molecular complexity index is 1650. The number of furan rings is 2. The van der Waals surface area contributed by atoms with Crippen molar-refractivity contribution >= 4 is 119 Å². The molecule has 4 aromatic rings. The van der Waals surface area contributed by atoms with Crippen molar-refractivity contribution < 1.29 is 36.5 Å². The molecule has 2 saturated heterocycles. The number of anilines is 3. The van der Waals surface area contributed by atoms with Crippen LogP contribution in [0.2, 0.25) is 0 Å². The topological polar surface area (TPSA) is 211 Å². The molecule has 4 N–H and O–H groups in total. The zero-order valence-electron chi connectivity index (χ0n) is 24.6. The summed E-state index contributed by atoms with van der Waals surface area (Å²) in [6, 6.07) is 7.80. The van der Waals surface area contributed by atoms with Gasteiger partial charge in [0, 0.05) is 61.4 Å². The third-order valence-electron chi connectivity index (χ3n) is 7.23. The van der Waals surface area contributed by atoms with E-state index < -0.39 is 4.92 Å². The fourth-order valence-electron chi connectivity index (χ4n) is 5.03. The van der Waals surface area contributed by atoms with Gasteiger partial charge < -0.3 is 34.7 Å². The molecule has 0 saturated carbocycles. The number of hydrogen-bond donors (Lipinski definition) is 3. The van der Waals surface area contributed by atoms with Crippen LogP contribution < -0.4 is 29.6 Å². The van der Waals surface area contributed by atoms with Crippen LogP contribution in [0, 0.1) is 32.8 Å². The number of nitro groups is 1. The number of nitrogen functional groups attached to an aromatic ring is 1. The van der Waals surface area contributed by atoms with E-state index in [4.69, 9.17) is 34.6 Å². The molecule has 0 bridgehead atoms. The molecule has 6 rings (SSSR count). The van der Waals surface area contributed by atoms with E-state index in [9.17, 15) is 10.1 Å². The Morgan fingerprint density at radius 2 is 1.36 bits per heavy atom. The molecule has 47 heavy (non-hydrogen) atoms. The van der Waals surface area contributed by atoms with Crippen LogP contribution in [0.1, 0.15) is 38.5 Å². The van der Waals surface area contributed by atoms with Gasteiger partial charge in [0.2, 0.25) is 0 Å². The fourth-order valence-corrected chi connectivity index (χ4v) is 5.03. The summed E-state index contributed by atoms with van der Waals surface area (Å²) >= 11 is 9.54. The smallest absolute Gasteiger partial charge is 0.314 e. The van der Waals surface area contributed by atoms with Crippen molar-refractivity contribution in [1.29, 1.82) is 10.5 Å². The third kappa shape index (κ3) is 11.9. The number of halogens is 5. The predicted octanol–water partition coefficient (Wildman–Crippen LogP) is 5.44. The molecule has 14 nitrogen and oxygen atoms in total. The number of nitriles is 2. The number of nitrogens with zero attached hydrogens (tertiary/aromatic N) is 5. The SMILES string of the molecule is II.I[I-]I.N#CC[C@H]1CC[C@H](Nc2c(N)cnc3ccoc23)CO1.N#CC[C@H]1CC[C@H](Nc2c([N+](=O)[O-])cnc3ccoc23)CO1. The number of ether oxygens (including phenoxy) is 2. The second kappa shape index (κ2) is 21.7. The molecule has 2 aliphatic heterocycles. The number of fused-ring (bicyclic) bond motifs is 2. The van der Waals surface area contributed by atoms with E-state index in [-0.39, 0.29) is 30.0 Å².